The highest BCUT2D eigenvalue weighted by molar-refractivity contribution is 6.30. The lowest BCUT2D eigenvalue weighted by Gasteiger charge is -2.10. The number of hydrogen-bond acceptors (Lipinski definition) is 2. The largest absolute Gasteiger partial charge is 0.477 e. The van der Waals surface area contributed by atoms with Crippen LogP contribution in [0.5, 0.6) is 0 Å². The Morgan fingerprint density at radius 1 is 0.967 bits per heavy atom. The fraction of sp³-hybridized carbons (Fsp3) is 0.125. The van der Waals surface area contributed by atoms with Crippen LogP contribution < -0.4 is 5.32 Å². The first kappa shape index (κ1) is 20.1. The molecule has 0 bridgehead atoms. The van der Waals surface area contributed by atoms with Gasteiger partial charge in [0.25, 0.3) is 0 Å². The monoisotopic (exact) mass is 422 g/mol. The standard InChI is InChI=1S/C24H20ClFN2O2/c25-18-10-8-16(9-11-18)13-27-14-21-20-6-1-2-7-22(20)28(23(21)24(29)30)15-17-4-3-5-19(26)12-17/h1-12,27H,13-15H2,(H,29,30). The normalized spacial score (nSPS) is 11.1. The van der Waals surface area contributed by atoms with Gasteiger partial charge in [0.15, 0.2) is 0 Å². The van der Waals surface area contributed by atoms with Crippen LogP contribution in [-0.2, 0) is 19.6 Å². The molecule has 30 heavy (non-hydrogen) atoms. The first-order valence-corrected chi connectivity index (χ1v) is 9.93. The van der Waals surface area contributed by atoms with Crippen molar-refractivity contribution in [3.05, 3.63) is 106 Å². The predicted molar refractivity (Wildman–Crippen MR) is 116 cm³/mol. The van der Waals surface area contributed by atoms with Crippen LogP contribution in [0.2, 0.25) is 5.02 Å². The van der Waals surface area contributed by atoms with Gasteiger partial charge in [0.2, 0.25) is 0 Å². The van der Waals surface area contributed by atoms with E-state index in [4.69, 9.17) is 11.6 Å². The third-order valence-corrected chi connectivity index (χ3v) is 5.30. The maximum Gasteiger partial charge on any atom is 0.352 e. The van der Waals surface area contributed by atoms with Gasteiger partial charge in [-0.2, -0.15) is 0 Å². The van der Waals surface area contributed by atoms with Crippen LogP contribution in [0.4, 0.5) is 4.39 Å². The molecule has 0 radical (unpaired) electrons. The summed E-state index contributed by atoms with van der Waals surface area (Å²) in [5, 5.41) is 14.9. The molecule has 1 aromatic heterocycles. The highest BCUT2D eigenvalue weighted by Gasteiger charge is 2.22. The van der Waals surface area contributed by atoms with E-state index in [1.165, 1.54) is 12.1 Å². The number of benzene rings is 3. The minimum Gasteiger partial charge on any atom is -0.477 e. The first-order valence-electron chi connectivity index (χ1n) is 9.56. The van der Waals surface area contributed by atoms with Gasteiger partial charge in [-0.1, -0.05) is 54.1 Å². The van der Waals surface area contributed by atoms with Crippen LogP contribution in [-0.4, -0.2) is 15.6 Å². The minimum absolute atomic E-state index is 0.212. The second-order valence-corrected chi connectivity index (χ2v) is 7.53. The van der Waals surface area contributed by atoms with E-state index in [2.05, 4.69) is 5.32 Å². The summed E-state index contributed by atoms with van der Waals surface area (Å²) in [5.41, 5.74) is 3.49. The number of aromatic nitrogens is 1. The summed E-state index contributed by atoms with van der Waals surface area (Å²) in [6.45, 7) is 1.25. The summed E-state index contributed by atoms with van der Waals surface area (Å²) in [7, 11) is 0. The summed E-state index contributed by atoms with van der Waals surface area (Å²) >= 11 is 5.93. The third kappa shape index (κ3) is 4.22. The lowest BCUT2D eigenvalue weighted by Crippen LogP contribution is -2.17. The molecular formula is C24H20ClFN2O2. The summed E-state index contributed by atoms with van der Waals surface area (Å²) in [4.78, 5) is 12.2. The number of carboxylic acid groups (broad SMARTS) is 1. The molecule has 4 aromatic rings. The van der Waals surface area contributed by atoms with Crippen molar-refractivity contribution in [3.63, 3.8) is 0 Å². The molecule has 2 N–H and O–H groups in total. The zero-order chi connectivity index (χ0) is 21.1. The molecule has 0 aliphatic carbocycles. The fourth-order valence-electron chi connectivity index (χ4n) is 3.71. The van der Waals surface area contributed by atoms with Crippen molar-refractivity contribution in [2.24, 2.45) is 0 Å². The molecule has 0 spiro atoms. The van der Waals surface area contributed by atoms with E-state index >= 15 is 0 Å². The number of carboxylic acids is 1. The zero-order valence-corrected chi connectivity index (χ0v) is 16.9. The Hall–Kier alpha value is -3.15. The molecule has 0 aliphatic heterocycles. The average Bonchev–Trinajstić information content (AvgIpc) is 3.03. The van der Waals surface area contributed by atoms with Crippen LogP contribution in [0.25, 0.3) is 10.9 Å². The topological polar surface area (TPSA) is 54.3 Å². The van der Waals surface area contributed by atoms with Crippen molar-refractivity contribution in [2.45, 2.75) is 19.6 Å². The Bertz CT molecular complexity index is 1200. The van der Waals surface area contributed by atoms with E-state index in [1.807, 2.05) is 48.5 Å². The third-order valence-electron chi connectivity index (χ3n) is 5.05. The van der Waals surface area contributed by atoms with Gasteiger partial charge >= 0.3 is 5.97 Å². The Morgan fingerprint density at radius 2 is 1.73 bits per heavy atom. The molecule has 0 atom stereocenters. The van der Waals surface area contributed by atoms with Crippen molar-refractivity contribution >= 4 is 28.5 Å². The van der Waals surface area contributed by atoms with E-state index in [0.717, 1.165) is 16.5 Å². The Kier molecular flexibility index (Phi) is 5.84. The van der Waals surface area contributed by atoms with Crippen LogP contribution in [0.1, 0.15) is 27.2 Å². The van der Waals surface area contributed by atoms with Crippen molar-refractivity contribution in [1.82, 2.24) is 9.88 Å². The van der Waals surface area contributed by atoms with Gasteiger partial charge < -0.3 is 15.0 Å². The van der Waals surface area contributed by atoms with Gasteiger partial charge in [0.05, 0.1) is 0 Å². The van der Waals surface area contributed by atoms with E-state index in [0.29, 0.717) is 29.2 Å². The second kappa shape index (κ2) is 8.69. The molecule has 0 amide bonds. The molecule has 152 valence electrons. The van der Waals surface area contributed by atoms with E-state index in [1.54, 1.807) is 16.7 Å². The molecular weight excluding hydrogens is 403 g/mol. The molecule has 4 nitrogen and oxygen atoms in total. The number of aromatic carboxylic acids is 1. The number of rotatable bonds is 7. The number of nitrogens with one attached hydrogen (secondary N) is 1. The lowest BCUT2D eigenvalue weighted by molar-refractivity contribution is 0.0685. The quantitative estimate of drug-likeness (QED) is 0.415. The number of para-hydroxylation sites is 1. The molecule has 3 aromatic carbocycles. The molecule has 0 aliphatic rings. The predicted octanol–water partition coefficient (Wildman–Crippen LogP) is 5.47. The van der Waals surface area contributed by atoms with Gasteiger partial charge in [0.1, 0.15) is 11.5 Å². The number of hydrogen-bond donors (Lipinski definition) is 2. The van der Waals surface area contributed by atoms with E-state index in [-0.39, 0.29) is 18.1 Å². The molecule has 1 heterocycles. The van der Waals surface area contributed by atoms with Crippen LogP contribution in [0.15, 0.2) is 72.8 Å². The maximum atomic E-state index is 13.7. The average molecular weight is 423 g/mol. The Balaban J connectivity index is 1.69. The van der Waals surface area contributed by atoms with Crippen LogP contribution in [0, 0.1) is 5.82 Å². The molecule has 0 unspecified atom stereocenters. The van der Waals surface area contributed by atoms with Crippen molar-refractivity contribution in [3.8, 4) is 0 Å². The molecule has 0 fully saturated rings. The number of halogens is 2. The van der Waals surface area contributed by atoms with Gasteiger partial charge in [-0.3, -0.25) is 0 Å². The van der Waals surface area contributed by atoms with Gasteiger partial charge in [-0.05, 0) is 41.5 Å². The van der Waals surface area contributed by atoms with Crippen molar-refractivity contribution < 1.29 is 14.3 Å². The zero-order valence-electron chi connectivity index (χ0n) is 16.1. The van der Waals surface area contributed by atoms with Crippen molar-refractivity contribution in [1.29, 1.82) is 0 Å². The van der Waals surface area contributed by atoms with E-state index in [9.17, 15) is 14.3 Å². The van der Waals surface area contributed by atoms with Crippen LogP contribution in [0.3, 0.4) is 0 Å². The Morgan fingerprint density at radius 3 is 2.47 bits per heavy atom. The summed E-state index contributed by atoms with van der Waals surface area (Å²) in [6, 6.07) is 21.3. The van der Waals surface area contributed by atoms with Gasteiger partial charge in [-0.15, -0.1) is 0 Å². The lowest BCUT2D eigenvalue weighted by atomic mass is 10.1. The summed E-state index contributed by atoms with van der Waals surface area (Å²) in [6.07, 6.45) is 0. The highest BCUT2D eigenvalue weighted by Crippen LogP contribution is 2.28. The van der Waals surface area contributed by atoms with Crippen LogP contribution >= 0.6 is 11.6 Å². The molecule has 4 rings (SSSR count). The minimum atomic E-state index is -1.01. The number of fused-ring (bicyclic) bond motifs is 1. The smallest absolute Gasteiger partial charge is 0.352 e. The summed E-state index contributed by atoms with van der Waals surface area (Å²) < 4.78 is 15.4. The highest BCUT2D eigenvalue weighted by atomic mass is 35.5. The Labute approximate surface area is 178 Å². The number of carbonyl (C=O) groups is 1. The van der Waals surface area contributed by atoms with Gasteiger partial charge in [0, 0.05) is 41.1 Å². The maximum absolute atomic E-state index is 13.7. The second-order valence-electron chi connectivity index (χ2n) is 7.10. The first-order chi connectivity index (χ1) is 14.5. The van der Waals surface area contributed by atoms with Gasteiger partial charge in [-0.25, -0.2) is 9.18 Å². The number of nitrogens with zero attached hydrogens (tertiary/aromatic N) is 1. The molecule has 6 heteroatoms. The summed E-state index contributed by atoms with van der Waals surface area (Å²) in [5.74, 6) is -1.35. The SMILES string of the molecule is O=C(O)c1c(CNCc2ccc(Cl)cc2)c2ccccc2n1Cc1cccc(F)c1. The molecule has 0 saturated carbocycles. The van der Waals surface area contributed by atoms with Crippen molar-refractivity contribution in [2.75, 3.05) is 0 Å². The van der Waals surface area contributed by atoms with E-state index < -0.39 is 5.97 Å². The molecule has 0 saturated heterocycles. The fourth-order valence-corrected chi connectivity index (χ4v) is 3.84.